The van der Waals surface area contributed by atoms with E-state index in [0.717, 1.165) is 11.5 Å². The molecule has 3 atom stereocenters. The molecule has 3 N–H and O–H groups in total. The molecule has 0 saturated carbocycles. The lowest BCUT2D eigenvalue weighted by Crippen LogP contribution is -2.40. The molecule has 1 unspecified atom stereocenters. The number of unbranched alkanes of at least 4 members (excludes halogenated alkanes) is 26. The van der Waals surface area contributed by atoms with Crippen molar-refractivity contribution in [2.75, 3.05) is 23.0 Å². The number of hydrogen-bond acceptors (Lipinski definition) is 5. The van der Waals surface area contributed by atoms with Gasteiger partial charge in [-0.15, -0.1) is 0 Å². The van der Waals surface area contributed by atoms with Crippen molar-refractivity contribution >= 4 is 23.5 Å². The average Bonchev–Trinajstić information content (AvgIpc) is 3.00. The zero-order valence-corrected chi connectivity index (χ0v) is 30.2. The molecule has 42 heavy (non-hydrogen) atoms. The standard InChI is InChI=1S/C37H76O3S2/c1-3-5-7-9-11-13-15-17-19-21-23-25-27-29-31-41-33-35(38)37(40)36(39)34-42-32-30-28-26-24-22-20-18-16-14-12-10-8-6-4-2/h35-40H,3-34H2,1-2H3/t35-,36+,37?. The molecule has 0 aromatic carbocycles. The Morgan fingerprint density at radius 2 is 0.548 bits per heavy atom. The first-order chi connectivity index (χ1) is 20.6. The molecular formula is C37H76O3S2. The van der Waals surface area contributed by atoms with Crippen LogP contribution in [0.25, 0.3) is 0 Å². The van der Waals surface area contributed by atoms with Gasteiger partial charge in [0.25, 0.3) is 0 Å². The van der Waals surface area contributed by atoms with Crippen LogP contribution in [0, 0.1) is 0 Å². The first kappa shape index (κ1) is 42.6. The third-order valence-electron chi connectivity index (χ3n) is 8.65. The fourth-order valence-electron chi connectivity index (χ4n) is 5.66. The van der Waals surface area contributed by atoms with E-state index >= 15 is 0 Å². The summed E-state index contributed by atoms with van der Waals surface area (Å²) in [7, 11) is 0. The van der Waals surface area contributed by atoms with Gasteiger partial charge in [0.1, 0.15) is 6.10 Å². The Bertz CT molecular complexity index is 452. The highest BCUT2D eigenvalue weighted by atomic mass is 32.2. The fraction of sp³-hybridized carbons (Fsp3) is 1.00. The zero-order valence-electron chi connectivity index (χ0n) is 28.5. The predicted octanol–water partition coefficient (Wildman–Crippen LogP) is 11.5. The van der Waals surface area contributed by atoms with E-state index in [9.17, 15) is 15.3 Å². The van der Waals surface area contributed by atoms with Gasteiger partial charge >= 0.3 is 0 Å². The lowest BCUT2D eigenvalue weighted by molar-refractivity contribution is -0.0399. The molecule has 0 rings (SSSR count). The van der Waals surface area contributed by atoms with Gasteiger partial charge < -0.3 is 15.3 Å². The topological polar surface area (TPSA) is 60.7 Å². The van der Waals surface area contributed by atoms with Crippen molar-refractivity contribution in [3.8, 4) is 0 Å². The van der Waals surface area contributed by atoms with Gasteiger partial charge in [0, 0.05) is 11.5 Å². The van der Waals surface area contributed by atoms with E-state index in [1.54, 1.807) is 23.5 Å². The Morgan fingerprint density at radius 1 is 0.333 bits per heavy atom. The normalized spacial score (nSPS) is 13.9. The molecule has 254 valence electrons. The Morgan fingerprint density at radius 3 is 0.786 bits per heavy atom. The summed E-state index contributed by atoms with van der Waals surface area (Å²) in [6.45, 7) is 4.56. The van der Waals surface area contributed by atoms with E-state index in [1.165, 1.54) is 180 Å². The third-order valence-corrected chi connectivity index (χ3v) is 11.0. The van der Waals surface area contributed by atoms with Crippen LogP contribution >= 0.6 is 23.5 Å². The molecule has 0 fully saturated rings. The number of rotatable bonds is 36. The van der Waals surface area contributed by atoms with Crippen molar-refractivity contribution in [1.82, 2.24) is 0 Å². The van der Waals surface area contributed by atoms with E-state index in [2.05, 4.69) is 13.8 Å². The van der Waals surface area contributed by atoms with Crippen LogP contribution in [0.5, 0.6) is 0 Å². The van der Waals surface area contributed by atoms with Crippen molar-refractivity contribution in [2.24, 2.45) is 0 Å². The van der Waals surface area contributed by atoms with Gasteiger partial charge in [0.05, 0.1) is 12.2 Å². The Kier molecular flexibility index (Phi) is 36.6. The molecule has 0 radical (unpaired) electrons. The summed E-state index contributed by atoms with van der Waals surface area (Å²) in [5, 5.41) is 30.9. The molecule has 0 saturated heterocycles. The van der Waals surface area contributed by atoms with E-state index in [1.807, 2.05) is 0 Å². The van der Waals surface area contributed by atoms with Crippen LogP contribution in [0.4, 0.5) is 0 Å². The lowest BCUT2D eigenvalue weighted by Gasteiger charge is -2.22. The van der Waals surface area contributed by atoms with Crippen LogP contribution in [-0.2, 0) is 0 Å². The zero-order chi connectivity index (χ0) is 30.8. The van der Waals surface area contributed by atoms with Crippen molar-refractivity contribution in [3.05, 3.63) is 0 Å². The molecule has 0 aliphatic rings. The maximum Gasteiger partial charge on any atom is 0.107 e. The first-order valence-corrected chi connectivity index (χ1v) is 21.1. The van der Waals surface area contributed by atoms with Crippen molar-refractivity contribution in [2.45, 2.75) is 212 Å². The summed E-state index contributed by atoms with van der Waals surface area (Å²) in [5.41, 5.74) is 0. The van der Waals surface area contributed by atoms with Crippen LogP contribution in [0.3, 0.4) is 0 Å². The highest BCUT2D eigenvalue weighted by Gasteiger charge is 2.24. The van der Waals surface area contributed by atoms with Crippen molar-refractivity contribution < 1.29 is 15.3 Å². The Hall–Kier alpha value is 0.580. The van der Waals surface area contributed by atoms with Crippen LogP contribution < -0.4 is 0 Å². The minimum absolute atomic E-state index is 0.514. The van der Waals surface area contributed by atoms with Crippen LogP contribution in [0.1, 0.15) is 194 Å². The SMILES string of the molecule is CCCCCCCCCCCCCCCCSC[C@@H](O)C(O)[C@@H](O)CSCCCCCCCCCCCCCCCC. The number of aliphatic hydroxyl groups is 3. The van der Waals surface area contributed by atoms with Gasteiger partial charge in [0.15, 0.2) is 0 Å². The van der Waals surface area contributed by atoms with Gasteiger partial charge in [-0.3, -0.25) is 0 Å². The summed E-state index contributed by atoms with van der Waals surface area (Å²) in [4.78, 5) is 0. The third kappa shape index (κ3) is 32.0. The van der Waals surface area contributed by atoms with Gasteiger partial charge in [-0.05, 0) is 24.3 Å². The van der Waals surface area contributed by atoms with Crippen molar-refractivity contribution in [3.63, 3.8) is 0 Å². The highest BCUT2D eigenvalue weighted by Crippen LogP contribution is 2.18. The van der Waals surface area contributed by atoms with Crippen LogP contribution in [-0.4, -0.2) is 56.6 Å². The number of aliphatic hydroxyl groups excluding tert-OH is 3. The van der Waals surface area contributed by atoms with Crippen LogP contribution in [0.15, 0.2) is 0 Å². The Balaban J connectivity index is 3.38. The highest BCUT2D eigenvalue weighted by molar-refractivity contribution is 7.99. The summed E-state index contributed by atoms with van der Waals surface area (Å²) in [6, 6.07) is 0. The van der Waals surface area contributed by atoms with Gasteiger partial charge in [-0.2, -0.15) is 23.5 Å². The van der Waals surface area contributed by atoms with E-state index in [4.69, 9.17) is 0 Å². The van der Waals surface area contributed by atoms with Gasteiger partial charge in [-0.1, -0.05) is 181 Å². The second-order valence-electron chi connectivity index (χ2n) is 13.0. The summed E-state index contributed by atoms with van der Waals surface area (Å²) < 4.78 is 0. The molecule has 3 nitrogen and oxygen atoms in total. The minimum Gasteiger partial charge on any atom is -0.389 e. The summed E-state index contributed by atoms with van der Waals surface area (Å²) in [5.74, 6) is 3.10. The van der Waals surface area contributed by atoms with E-state index in [0.29, 0.717) is 11.5 Å². The minimum atomic E-state index is -1.03. The molecular weight excluding hydrogens is 557 g/mol. The monoisotopic (exact) mass is 633 g/mol. The van der Waals surface area contributed by atoms with E-state index in [-0.39, 0.29) is 0 Å². The molecule has 5 heteroatoms. The van der Waals surface area contributed by atoms with Gasteiger partial charge in [-0.25, -0.2) is 0 Å². The molecule has 0 bridgehead atoms. The van der Waals surface area contributed by atoms with Crippen molar-refractivity contribution in [1.29, 1.82) is 0 Å². The maximum absolute atomic E-state index is 10.3. The largest absolute Gasteiger partial charge is 0.389 e. The molecule has 0 aliphatic carbocycles. The molecule has 0 aliphatic heterocycles. The predicted molar refractivity (Wildman–Crippen MR) is 193 cm³/mol. The molecule has 0 amide bonds. The summed E-state index contributed by atoms with van der Waals surface area (Å²) >= 11 is 3.43. The fourth-order valence-corrected chi connectivity index (χ4v) is 7.69. The molecule has 0 aromatic rings. The van der Waals surface area contributed by atoms with Gasteiger partial charge in [0.2, 0.25) is 0 Å². The summed E-state index contributed by atoms with van der Waals surface area (Å²) in [6.07, 6.45) is 35.7. The molecule has 0 spiro atoms. The Labute approximate surface area is 273 Å². The quantitative estimate of drug-likeness (QED) is 0.0600. The maximum atomic E-state index is 10.3. The first-order valence-electron chi connectivity index (χ1n) is 18.8. The average molecular weight is 633 g/mol. The van der Waals surface area contributed by atoms with E-state index < -0.39 is 18.3 Å². The molecule has 0 heterocycles. The second kappa shape index (κ2) is 36.1. The van der Waals surface area contributed by atoms with Crippen LogP contribution in [0.2, 0.25) is 0 Å². The second-order valence-corrected chi connectivity index (χ2v) is 15.3. The molecule has 0 aromatic heterocycles. The number of hydrogen-bond donors (Lipinski definition) is 3. The smallest absolute Gasteiger partial charge is 0.107 e. The number of thioether (sulfide) groups is 2. The lowest BCUT2D eigenvalue weighted by atomic mass is 10.0.